The standard InChI is InChI=1S/C15H18ClN3O2S/c1-9-14(10-5-6-12(21-2)11(16)8-10)19-15(22-9)18-13(20)4-3-7-17/h5-6,8H,3-4,7,17H2,1-2H3,(H,18,19,20). The van der Waals surface area contributed by atoms with E-state index in [4.69, 9.17) is 22.1 Å². The number of halogens is 1. The number of nitrogens with two attached hydrogens (primary N) is 1. The minimum atomic E-state index is -0.0708. The van der Waals surface area contributed by atoms with Crippen LogP contribution in [0.2, 0.25) is 5.02 Å². The van der Waals surface area contributed by atoms with Crippen molar-refractivity contribution in [2.75, 3.05) is 19.0 Å². The van der Waals surface area contributed by atoms with Gasteiger partial charge in [-0.3, -0.25) is 4.79 Å². The third-order valence-electron chi connectivity index (χ3n) is 3.08. The number of rotatable bonds is 6. The van der Waals surface area contributed by atoms with E-state index in [0.717, 1.165) is 16.1 Å². The van der Waals surface area contributed by atoms with Crippen LogP contribution in [0, 0.1) is 6.92 Å². The first-order valence-electron chi connectivity index (χ1n) is 6.86. The monoisotopic (exact) mass is 339 g/mol. The predicted octanol–water partition coefficient (Wildman–Crippen LogP) is 3.46. The van der Waals surface area contributed by atoms with Crippen molar-refractivity contribution in [3.05, 3.63) is 28.1 Å². The second kappa shape index (κ2) is 7.58. The number of carbonyl (C=O) groups excluding carboxylic acids is 1. The van der Waals surface area contributed by atoms with Gasteiger partial charge in [0.2, 0.25) is 5.91 Å². The highest BCUT2D eigenvalue weighted by Gasteiger charge is 2.13. The highest BCUT2D eigenvalue weighted by molar-refractivity contribution is 7.16. The number of thiazole rings is 1. The van der Waals surface area contributed by atoms with E-state index in [2.05, 4.69) is 10.3 Å². The van der Waals surface area contributed by atoms with Crippen molar-refractivity contribution in [1.82, 2.24) is 4.98 Å². The minimum Gasteiger partial charge on any atom is -0.495 e. The Hall–Kier alpha value is -1.63. The third kappa shape index (κ3) is 3.97. The molecule has 0 unspecified atom stereocenters. The van der Waals surface area contributed by atoms with Crippen molar-refractivity contribution in [3.63, 3.8) is 0 Å². The van der Waals surface area contributed by atoms with Gasteiger partial charge in [-0.05, 0) is 38.1 Å². The van der Waals surface area contributed by atoms with Crippen LogP contribution < -0.4 is 15.8 Å². The molecule has 1 heterocycles. The fourth-order valence-electron chi connectivity index (χ4n) is 1.98. The number of amides is 1. The van der Waals surface area contributed by atoms with E-state index in [1.807, 2.05) is 19.1 Å². The number of carbonyl (C=O) groups is 1. The van der Waals surface area contributed by atoms with Crippen molar-refractivity contribution < 1.29 is 9.53 Å². The largest absolute Gasteiger partial charge is 0.495 e. The number of hydrogen-bond donors (Lipinski definition) is 2. The summed E-state index contributed by atoms with van der Waals surface area (Å²) >= 11 is 7.59. The van der Waals surface area contributed by atoms with E-state index in [1.165, 1.54) is 11.3 Å². The summed E-state index contributed by atoms with van der Waals surface area (Å²) < 4.78 is 5.14. The lowest BCUT2D eigenvalue weighted by Crippen LogP contribution is -2.13. The highest BCUT2D eigenvalue weighted by atomic mass is 35.5. The van der Waals surface area contributed by atoms with E-state index in [9.17, 15) is 4.79 Å². The zero-order valence-corrected chi connectivity index (χ0v) is 14.1. The average Bonchev–Trinajstić information content (AvgIpc) is 2.85. The Kier molecular flexibility index (Phi) is 5.76. The molecular weight excluding hydrogens is 322 g/mol. The number of aryl methyl sites for hydroxylation is 1. The number of nitrogens with zero attached hydrogens (tertiary/aromatic N) is 1. The summed E-state index contributed by atoms with van der Waals surface area (Å²) in [4.78, 5) is 17.2. The van der Waals surface area contributed by atoms with E-state index in [0.29, 0.717) is 35.3 Å². The second-order valence-electron chi connectivity index (χ2n) is 4.71. The van der Waals surface area contributed by atoms with Crippen molar-refractivity contribution in [3.8, 4) is 17.0 Å². The Morgan fingerprint density at radius 1 is 1.50 bits per heavy atom. The van der Waals surface area contributed by atoms with E-state index in [1.54, 1.807) is 13.2 Å². The van der Waals surface area contributed by atoms with E-state index < -0.39 is 0 Å². The second-order valence-corrected chi connectivity index (χ2v) is 6.32. The fourth-order valence-corrected chi connectivity index (χ4v) is 3.09. The van der Waals surface area contributed by atoms with Gasteiger partial charge in [-0.25, -0.2) is 4.98 Å². The van der Waals surface area contributed by atoms with Crippen LogP contribution in [-0.2, 0) is 4.79 Å². The smallest absolute Gasteiger partial charge is 0.226 e. The topological polar surface area (TPSA) is 77.2 Å². The molecule has 0 saturated heterocycles. The molecule has 2 rings (SSSR count). The lowest BCUT2D eigenvalue weighted by molar-refractivity contribution is -0.116. The quantitative estimate of drug-likeness (QED) is 0.845. The molecule has 2 aromatic rings. The van der Waals surface area contributed by atoms with Crippen LogP contribution in [0.25, 0.3) is 11.3 Å². The molecule has 0 aliphatic carbocycles. The van der Waals surface area contributed by atoms with Gasteiger partial charge in [-0.2, -0.15) is 0 Å². The van der Waals surface area contributed by atoms with Gasteiger partial charge in [0.05, 0.1) is 17.8 Å². The normalized spacial score (nSPS) is 10.5. The SMILES string of the molecule is COc1ccc(-c2nc(NC(=O)CCCN)sc2C)cc1Cl. The van der Waals surface area contributed by atoms with Gasteiger partial charge in [0.1, 0.15) is 5.75 Å². The molecule has 0 bridgehead atoms. The maximum absolute atomic E-state index is 11.7. The molecule has 0 aliphatic rings. The molecule has 7 heteroatoms. The number of anilines is 1. The highest BCUT2D eigenvalue weighted by Crippen LogP contribution is 2.34. The Bertz CT molecular complexity index is 673. The van der Waals surface area contributed by atoms with Crippen LogP contribution in [0.5, 0.6) is 5.75 Å². The van der Waals surface area contributed by atoms with Gasteiger partial charge >= 0.3 is 0 Å². The number of ether oxygens (including phenoxy) is 1. The maximum Gasteiger partial charge on any atom is 0.226 e. The van der Waals surface area contributed by atoms with Crippen LogP contribution in [0.1, 0.15) is 17.7 Å². The molecule has 1 aromatic heterocycles. The van der Waals surface area contributed by atoms with Crippen molar-refractivity contribution in [2.45, 2.75) is 19.8 Å². The predicted molar refractivity (Wildman–Crippen MR) is 90.8 cm³/mol. The summed E-state index contributed by atoms with van der Waals surface area (Å²) in [5.41, 5.74) is 7.10. The summed E-state index contributed by atoms with van der Waals surface area (Å²) in [6, 6.07) is 5.51. The van der Waals surface area contributed by atoms with Gasteiger partial charge in [0.25, 0.3) is 0 Å². The van der Waals surface area contributed by atoms with Gasteiger partial charge in [-0.1, -0.05) is 11.6 Å². The number of methoxy groups -OCH3 is 1. The summed E-state index contributed by atoms with van der Waals surface area (Å²) in [7, 11) is 1.57. The van der Waals surface area contributed by atoms with Crippen molar-refractivity contribution in [2.24, 2.45) is 5.73 Å². The Morgan fingerprint density at radius 3 is 2.91 bits per heavy atom. The Balaban J connectivity index is 2.19. The van der Waals surface area contributed by atoms with Crippen molar-refractivity contribution >= 4 is 34.0 Å². The molecule has 5 nitrogen and oxygen atoms in total. The molecule has 22 heavy (non-hydrogen) atoms. The summed E-state index contributed by atoms with van der Waals surface area (Å²) in [5.74, 6) is 0.548. The number of hydrogen-bond acceptors (Lipinski definition) is 5. The van der Waals surface area contributed by atoms with E-state index in [-0.39, 0.29) is 5.91 Å². The summed E-state index contributed by atoms with van der Waals surface area (Å²) in [6.45, 7) is 2.46. The number of nitrogens with one attached hydrogen (secondary N) is 1. The lowest BCUT2D eigenvalue weighted by atomic mass is 10.1. The zero-order valence-electron chi connectivity index (χ0n) is 12.5. The molecular formula is C15H18ClN3O2S. The molecule has 1 amide bonds. The van der Waals surface area contributed by atoms with Crippen molar-refractivity contribution in [1.29, 1.82) is 0 Å². The van der Waals surface area contributed by atoms with Crippen LogP contribution in [0.3, 0.4) is 0 Å². The zero-order chi connectivity index (χ0) is 16.1. The van der Waals surface area contributed by atoms with Crippen LogP contribution in [0.4, 0.5) is 5.13 Å². The maximum atomic E-state index is 11.7. The van der Waals surface area contributed by atoms with Gasteiger partial charge < -0.3 is 15.8 Å². The number of benzene rings is 1. The summed E-state index contributed by atoms with van der Waals surface area (Å²) in [6.07, 6.45) is 1.07. The van der Waals surface area contributed by atoms with Crippen LogP contribution in [-0.4, -0.2) is 24.5 Å². The average molecular weight is 340 g/mol. The fraction of sp³-hybridized carbons (Fsp3) is 0.333. The van der Waals surface area contributed by atoms with Gasteiger partial charge in [0, 0.05) is 16.9 Å². The molecule has 0 aliphatic heterocycles. The Labute approximate surface area is 138 Å². The lowest BCUT2D eigenvalue weighted by Gasteiger charge is -2.05. The van der Waals surface area contributed by atoms with Gasteiger partial charge in [0.15, 0.2) is 5.13 Å². The molecule has 118 valence electrons. The molecule has 0 radical (unpaired) electrons. The first-order valence-corrected chi connectivity index (χ1v) is 8.06. The Morgan fingerprint density at radius 2 is 2.27 bits per heavy atom. The molecule has 0 spiro atoms. The van der Waals surface area contributed by atoms with E-state index >= 15 is 0 Å². The molecule has 1 aromatic carbocycles. The van der Waals surface area contributed by atoms with Gasteiger partial charge in [-0.15, -0.1) is 11.3 Å². The summed E-state index contributed by atoms with van der Waals surface area (Å²) in [5, 5.41) is 3.91. The molecule has 3 N–H and O–H groups in total. The molecule has 0 saturated carbocycles. The molecule has 0 fully saturated rings. The third-order valence-corrected chi connectivity index (χ3v) is 4.26. The molecule has 0 atom stereocenters. The minimum absolute atomic E-state index is 0.0708. The van der Waals surface area contributed by atoms with Crippen LogP contribution >= 0.6 is 22.9 Å². The van der Waals surface area contributed by atoms with Crippen LogP contribution in [0.15, 0.2) is 18.2 Å². The number of aromatic nitrogens is 1. The first kappa shape index (κ1) is 16.7. The first-order chi connectivity index (χ1) is 10.5.